The van der Waals surface area contributed by atoms with Gasteiger partial charge in [-0.25, -0.2) is 13.1 Å². The third-order valence-corrected chi connectivity index (χ3v) is 5.45. The van der Waals surface area contributed by atoms with Crippen LogP contribution in [0.1, 0.15) is 25.3 Å². The maximum absolute atomic E-state index is 12.4. The van der Waals surface area contributed by atoms with Crippen molar-refractivity contribution in [2.45, 2.75) is 30.2 Å². The van der Waals surface area contributed by atoms with Gasteiger partial charge in [0, 0.05) is 18.8 Å². The third kappa shape index (κ3) is 3.30. The van der Waals surface area contributed by atoms with E-state index in [1.807, 2.05) is 13.0 Å². The first kappa shape index (κ1) is 15.3. The normalized spacial score (nSPS) is 18.4. The number of benzene rings is 1. The van der Waals surface area contributed by atoms with Gasteiger partial charge in [-0.2, -0.15) is 5.26 Å². The number of sulfonamides is 1. The third-order valence-electron chi connectivity index (χ3n) is 3.33. The van der Waals surface area contributed by atoms with Crippen molar-refractivity contribution >= 4 is 21.6 Å². The predicted octanol–water partition coefficient (Wildman–Crippen LogP) is 2.06. The van der Waals surface area contributed by atoms with E-state index in [0.29, 0.717) is 26.1 Å². The van der Waals surface area contributed by atoms with Crippen LogP contribution in [-0.2, 0) is 14.8 Å². The quantitative estimate of drug-likeness (QED) is 0.926. The molecule has 2 rings (SSSR count). The fraction of sp³-hybridized carbons (Fsp3) is 0.462. The molecule has 7 heteroatoms. The Labute approximate surface area is 123 Å². The average Bonchev–Trinajstić information content (AvgIpc) is 2.38. The Hall–Kier alpha value is -1.13. The lowest BCUT2D eigenvalue weighted by molar-refractivity contribution is 0.0537. The topological polar surface area (TPSA) is 79.2 Å². The molecular weight excluding hydrogens is 300 g/mol. The summed E-state index contributed by atoms with van der Waals surface area (Å²) in [6, 6.07) is 6.10. The molecule has 108 valence electrons. The van der Waals surface area contributed by atoms with Gasteiger partial charge in [-0.05, 0) is 38.0 Å². The second-order valence-electron chi connectivity index (χ2n) is 5.04. The number of hydrogen-bond donors (Lipinski definition) is 1. The molecule has 1 saturated heterocycles. The van der Waals surface area contributed by atoms with Crippen molar-refractivity contribution in [1.82, 2.24) is 4.72 Å². The molecule has 0 aromatic heterocycles. The number of nitrogens with zero attached hydrogens (tertiary/aromatic N) is 1. The lowest BCUT2D eigenvalue weighted by Gasteiger charge is -2.34. The van der Waals surface area contributed by atoms with Crippen LogP contribution < -0.4 is 4.72 Å². The van der Waals surface area contributed by atoms with Gasteiger partial charge < -0.3 is 4.74 Å². The summed E-state index contributed by atoms with van der Waals surface area (Å²) in [6.45, 7) is 2.88. The summed E-state index contributed by atoms with van der Waals surface area (Å²) in [5.74, 6) is 0. The molecule has 1 N–H and O–H groups in total. The molecule has 0 amide bonds. The molecule has 1 aromatic carbocycles. The molecule has 0 aliphatic carbocycles. The molecule has 1 aliphatic heterocycles. The molecule has 1 aromatic rings. The number of ether oxygens (including phenoxy) is 1. The Morgan fingerprint density at radius 1 is 1.40 bits per heavy atom. The molecule has 0 spiro atoms. The van der Waals surface area contributed by atoms with Gasteiger partial charge in [0.05, 0.1) is 16.7 Å². The highest BCUT2D eigenvalue weighted by Gasteiger charge is 2.33. The molecule has 1 heterocycles. The van der Waals surface area contributed by atoms with E-state index >= 15 is 0 Å². The van der Waals surface area contributed by atoms with E-state index < -0.39 is 15.6 Å². The minimum Gasteiger partial charge on any atom is -0.381 e. The molecule has 20 heavy (non-hydrogen) atoms. The number of halogens is 1. The summed E-state index contributed by atoms with van der Waals surface area (Å²) in [6.07, 6.45) is 1.20. The van der Waals surface area contributed by atoms with E-state index in [2.05, 4.69) is 4.72 Å². The largest absolute Gasteiger partial charge is 0.381 e. The second-order valence-corrected chi connectivity index (χ2v) is 7.09. The van der Waals surface area contributed by atoms with Gasteiger partial charge in [-0.3, -0.25) is 0 Å². The minimum atomic E-state index is -3.77. The molecule has 0 radical (unpaired) electrons. The number of nitrogens with one attached hydrogen (secondary N) is 1. The second kappa shape index (κ2) is 5.70. The van der Waals surface area contributed by atoms with Crippen LogP contribution in [0.15, 0.2) is 23.1 Å². The zero-order chi connectivity index (χ0) is 14.8. The van der Waals surface area contributed by atoms with Crippen LogP contribution in [-0.4, -0.2) is 27.2 Å². The Morgan fingerprint density at radius 3 is 2.65 bits per heavy atom. The summed E-state index contributed by atoms with van der Waals surface area (Å²) in [5, 5.41) is 8.97. The fourth-order valence-electron chi connectivity index (χ4n) is 2.08. The lowest BCUT2D eigenvalue weighted by Crippen LogP contribution is -2.49. The molecule has 0 atom stereocenters. The van der Waals surface area contributed by atoms with Crippen LogP contribution in [0.4, 0.5) is 0 Å². The number of nitriles is 1. The smallest absolute Gasteiger partial charge is 0.242 e. The standard InChI is InChI=1S/C13H15ClN2O3S/c1-13(4-6-19-7-5-13)16-20(17,18)12-8-10(9-15)2-3-11(12)14/h2-3,8,16H,4-7H2,1H3. The predicted molar refractivity (Wildman–Crippen MR) is 74.9 cm³/mol. The van der Waals surface area contributed by atoms with Gasteiger partial charge >= 0.3 is 0 Å². The maximum Gasteiger partial charge on any atom is 0.242 e. The van der Waals surface area contributed by atoms with E-state index in [4.69, 9.17) is 21.6 Å². The molecule has 1 aliphatic rings. The zero-order valence-corrected chi connectivity index (χ0v) is 12.6. The Bertz CT molecular complexity index is 646. The SMILES string of the molecule is CC1(NS(=O)(=O)c2cc(C#N)ccc2Cl)CCOCC1. The molecule has 5 nitrogen and oxygen atoms in total. The summed E-state index contributed by atoms with van der Waals surface area (Å²) in [5.41, 5.74) is -0.296. The van der Waals surface area contributed by atoms with Crippen LogP contribution in [0.5, 0.6) is 0 Å². The van der Waals surface area contributed by atoms with E-state index in [1.54, 1.807) is 0 Å². The van der Waals surface area contributed by atoms with Crippen molar-refractivity contribution in [2.24, 2.45) is 0 Å². The Balaban J connectivity index is 2.33. The lowest BCUT2D eigenvalue weighted by atomic mass is 9.94. The van der Waals surface area contributed by atoms with Crippen molar-refractivity contribution in [3.05, 3.63) is 28.8 Å². The number of rotatable bonds is 3. The van der Waals surface area contributed by atoms with Gasteiger partial charge in [0.15, 0.2) is 0 Å². The molecular formula is C13H15ClN2O3S. The highest BCUT2D eigenvalue weighted by atomic mass is 35.5. The van der Waals surface area contributed by atoms with Crippen molar-refractivity contribution in [1.29, 1.82) is 5.26 Å². The first-order valence-electron chi connectivity index (χ1n) is 6.18. The highest BCUT2D eigenvalue weighted by molar-refractivity contribution is 7.89. The van der Waals surface area contributed by atoms with Crippen molar-refractivity contribution in [3.8, 4) is 6.07 Å². The molecule has 1 fully saturated rings. The molecule has 0 unspecified atom stereocenters. The summed E-state index contributed by atoms with van der Waals surface area (Å²) in [7, 11) is -3.77. The summed E-state index contributed by atoms with van der Waals surface area (Å²) in [4.78, 5) is -0.0640. The summed E-state index contributed by atoms with van der Waals surface area (Å²) >= 11 is 5.95. The van der Waals surface area contributed by atoms with Gasteiger partial charge in [-0.1, -0.05) is 11.6 Å². The van der Waals surface area contributed by atoms with Crippen molar-refractivity contribution < 1.29 is 13.2 Å². The van der Waals surface area contributed by atoms with E-state index in [0.717, 1.165) is 0 Å². The van der Waals surface area contributed by atoms with Crippen LogP contribution in [0.2, 0.25) is 5.02 Å². The van der Waals surface area contributed by atoms with E-state index in [9.17, 15) is 8.42 Å². The zero-order valence-electron chi connectivity index (χ0n) is 11.0. The Morgan fingerprint density at radius 2 is 2.05 bits per heavy atom. The van der Waals surface area contributed by atoms with Gasteiger partial charge in [0.1, 0.15) is 4.90 Å². The van der Waals surface area contributed by atoms with E-state index in [1.165, 1.54) is 18.2 Å². The van der Waals surface area contributed by atoms with Gasteiger partial charge in [0.25, 0.3) is 0 Å². The fourth-order valence-corrected chi connectivity index (χ4v) is 4.07. The molecule has 0 bridgehead atoms. The maximum atomic E-state index is 12.4. The first-order chi connectivity index (χ1) is 9.36. The van der Waals surface area contributed by atoms with Crippen LogP contribution in [0.3, 0.4) is 0 Å². The van der Waals surface area contributed by atoms with Crippen LogP contribution in [0.25, 0.3) is 0 Å². The Kier molecular flexibility index (Phi) is 4.35. The van der Waals surface area contributed by atoms with Crippen LogP contribution >= 0.6 is 11.6 Å². The van der Waals surface area contributed by atoms with Crippen LogP contribution in [0, 0.1) is 11.3 Å². The van der Waals surface area contributed by atoms with Crippen molar-refractivity contribution in [3.63, 3.8) is 0 Å². The average molecular weight is 315 g/mol. The first-order valence-corrected chi connectivity index (χ1v) is 8.04. The minimum absolute atomic E-state index is 0.0640. The van der Waals surface area contributed by atoms with Gasteiger partial charge in [0.2, 0.25) is 10.0 Å². The number of hydrogen-bond acceptors (Lipinski definition) is 4. The summed E-state index contributed by atoms with van der Waals surface area (Å²) < 4.78 is 32.8. The van der Waals surface area contributed by atoms with Crippen molar-refractivity contribution in [2.75, 3.05) is 13.2 Å². The van der Waals surface area contributed by atoms with E-state index in [-0.39, 0.29) is 15.5 Å². The highest BCUT2D eigenvalue weighted by Crippen LogP contribution is 2.27. The monoisotopic (exact) mass is 314 g/mol. The molecule has 0 saturated carbocycles. The van der Waals surface area contributed by atoms with Gasteiger partial charge in [-0.15, -0.1) is 0 Å².